The van der Waals surface area contributed by atoms with Gasteiger partial charge in [-0.1, -0.05) is 0 Å². The number of hydrogen-bond acceptors (Lipinski definition) is 4. The number of methoxy groups -OCH3 is 1. The van der Waals surface area contributed by atoms with E-state index < -0.39 is 0 Å². The summed E-state index contributed by atoms with van der Waals surface area (Å²) in [5, 5.41) is 2.80. The van der Waals surface area contributed by atoms with E-state index in [-0.39, 0.29) is 5.91 Å². The first-order valence-corrected chi connectivity index (χ1v) is 6.11. The molecule has 104 valence electrons. The molecule has 5 heteroatoms. The Morgan fingerprint density at radius 2 is 1.75 bits per heavy atom. The zero-order chi connectivity index (χ0) is 14.7. The van der Waals surface area contributed by atoms with E-state index >= 15 is 0 Å². The van der Waals surface area contributed by atoms with Crippen molar-refractivity contribution in [3.05, 3.63) is 47.5 Å². The van der Waals surface area contributed by atoms with Crippen LogP contribution in [0.15, 0.2) is 36.4 Å². The lowest BCUT2D eigenvalue weighted by molar-refractivity contribution is 0.102. The van der Waals surface area contributed by atoms with Crippen LogP contribution in [0.5, 0.6) is 5.75 Å². The van der Waals surface area contributed by atoms with Gasteiger partial charge in [0.25, 0.3) is 5.91 Å². The third-order valence-corrected chi connectivity index (χ3v) is 2.89. The van der Waals surface area contributed by atoms with Crippen molar-refractivity contribution in [2.75, 3.05) is 23.9 Å². The molecule has 0 spiro atoms. The minimum absolute atomic E-state index is 0.256. The first-order chi connectivity index (χ1) is 9.49. The monoisotopic (exact) mass is 271 g/mol. The lowest BCUT2D eigenvalue weighted by atomic mass is 10.1. The average molecular weight is 271 g/mol. The molecule has 5 N–H and O–H groups in total. The summed E-state index contributed by atoms with van der Waals surface area (Å²) in [6.07, 6.45) is 0. The number of ether oxygens (including phenoxy) is 1. The van der Waals surface area contributed by atoms with Crippen molar-refractivity contribution in [3.63, 3.8) is 0 Å². The molecule has 5 nitrogen and oxygen atoms in total. The Morgan fingerprint density at radius 1 is 1.10 bits per heavy atom. The van der Waals surface area contributed by atoms with Crippen molar-refractivity contribution in [2.45, 2.75) is 6.92 Å². The van der Waals surface area contributed by atoms with Crippen LogP contribution in [-0.2, 0) is 0 Å². The molecule has 0 saturated heterocycles. The molecular formula is C15H17N3O2. The van der Waals surface area contributed by atoms with Gasteiger partial charge in [-0.05, 0) is 48.9 Å². The molecule has 0 atom stereocenters. The Kier molecular flexibility index (Phi) is 3.79. The van der Waals surface area contributed by atoms with Gasteiger partial charge in [-0.15, -0.1) is 0 Å². The number of aryl methyl sites for hydroxylation is 1. The number of amides is 1. The SMILES string of the molecule is COc1ccc(NC(=O)c2cc(N)cc(N)c2)cc1C. The van der Waals surface area contributed by atoms with E-state index in [2.05, 4.69) is 5.32 Å². The number of anilines is 3. The highest BCUT2D eigenvalue weighted by Crippen LogP contribution is 2.22. The van der Waals surface area contributed by atoms with Gasteiger partial charge in [0, 0.05) is 22.6 Å². The zero-order valence-electron chi connectivity index (χ0n) is 11.4. The number of nitrogens with one attached hydrogen (secondary N) is 1. The van der Waals surface area contributed by atoms with Crippen LogP contribution in [0, 0.1) is 6.92 Å². The molecule has 0 aliphatic rings. The molecule has 1 amide bonds. The minimum atomic E-state index is -0.256. The molecule has 0 aliphatic carbocycles. The first kappa shape index (κ1) is 13.7. The van der Waals surface area contributed by atoms with Gasteiger partial charge in [0.05, 0.1) is 7.11 Å². The number of rotatable bonds is 3. The first-order valence-electron chi connectivity index (χ1n) is 6.11. The Hall–Kier alpha value is -2.69. The fourth-order valence-corrected chi connectivity index (χ4v) is 1.97. The summed E-state index contributed by atoms with van der Waals surface area (Å²) in [6.45, 7) is 1.91. The lowest BCUT2D eigenvalue weighted by Gasteiger charge is -2.10. The van der Waals surface area contributed by atoms with Gasteiger partial charge in [0.2, 0.25) is 0 Å². The molecule has 0 radical (unpaired) electrons. The fourth-order valence-electron chi connectivity index (χ4n) is 1.97. The molecule has 2 rings (SSSR count). The largest absolute Gasteiger partial charge is 0.496 e. The Morgan fingerprint density at radius 3 is 2.30 bits per heavy atom. The number of carbonyl (C=O) groups excluding carboxylic acids is 1. The smallest absolute Gasteiger partial charge is 0.255 e. The number of hydrogen-bond donors (Lipinski definition) is 3. The fraction of sp³-hybridized carbons (Fsp3) is 0.133. The molecule has 0 heterocycles. The van der Waals surface area contributed by atoms with Gasteiger partial charge in [0.1, 0.15) is 5.75 Å². The Labute approximate surface area is 117 Å². The molecule has 0 aromatic heterocycles. The number of nitrogens with two attached hydrogens (primary N) is 2. The number of nitrogen functional groups attached to an aromatic ring is 2. The van der Waals surface area contributed by atoms with Gasteiger partial charge < -0.3 is 21.5 Å². The third-order valence-electron chi connectivity index (χ3n) is 2.89. The highest BCUT2D eigenvalue weighted by atomic mass is 16.5. The van der Waals surface area contributed by atoms with E-state index in [0.29, 0.717) is 22.6 Å². The standard InChI is InChI=1S/C15H17N3O2/c1-9-5-13(3-4-14(9)20-2)18-15(19)10-6-11(16)8-12(17)7-10/h3-8H,16-17H2,1-2H3,(H,18,19). The van der Waals surface area contributed by atoms with Gasteiger partial charge in [0.15, 0.2) is 0 Å². The minimum Gasteiger partial charge on any atom is -0.496 e. The summed E-state index contributed by atoms with van der Waals surface area (Å²) in [4.78, 5) is 12.1. The Balaban J connectivity index is 2.21. The molecule has 0 bridgehead atoms. The second-order valence-corrected chi connectivity index (χ2v) is 4.53. The van der Waals surface area contributed by atoms with Crippen LogP contribution in [0.4, 0.5) is 17.1 Å². The molecule has 0 unspecified atom stereocenters. The Bertz CT molecular complexity index is 633. The van der Waals surface area contributed by atoms with Crippen LogP contribution in [0.25, 0.3) is 0 Å². The normalized spacial score (nSPS) is 10.1. The van der Waals surface area contributed by atoms with Crippen LogP contribution in [-0.4, -0.2) is 13.0 Å². The molecule has 20 heavy (non-hydrogen) atoms. The maximum Gasteiger partial charge on any atom is 0.255 e. The van der Waals surface area contributed by atoms with E-state index in [0.717, 1.165) is 11.3 Å². The summed E-state index contributed by atoms with van der Waals surface area (Å²) in [7, 11) is 1.61. The predicted octanol–water partition coefficient (Wildman–Crippen LogP) is 2.42. The maximum atomic E-state index is 12.1. The van der Waals surface area contributed by atoms with E-state index in [9.17, 15) is 4.79 Å². The summed E-state index contributed by atoms with van der Waals surface area (Å²) < 4.78 is 5.18. The topological polar surface area (TPSA) is 90.4 Å². The quantitative estimate of drug-likeness (QED) is 0.748. The summed E-state index contributed by atoms with van der Waals surface area (Å²) >= 11 is 0. The summed E-state index contributed by atoms with van der Waals surface area (Å²) in [5.74, 6) is 0.518. The van der Waals surface area contributed by atoms with Crippen LogP contribution in [0.3, 0.4) is 0 Å². The van der Waals surface area contributed by atoms with E-state index in [1.165, 1.54) is 0 Å². The van der Waals surface area contributed by atoms with Crippen LogP contribution in [0.2, 0.25) is 0 Å². The molecule has 0 fully saturated rings. The van der Waals surface area contributed by atoms with Crippen molar-refractivity contribution in [3.8, 4) is 5.75 Å². The number of benzene rings is 2. The predicted molar refractivity (Wildman–Crippen MR) is 81.0 cm³/mol. The highest BCUT2D eigenvalue weighted by Gasteiger charge is 2.08. The third kappa shape index (κ3) is 3.00. The van der Waals surface area contributed by atoms with Crippen molar-refractivity contribution >= 4 is 23.0 Å². The lowest BCUT2D eigenvalue weighted by Crippen LogP contribution is -2.12. The second kappa shape index (κ2) is 5.52. The number of carbonyl (C=O) groups is 1. The molecule has 2 aromatic rings. The van der Waals surface area contributed by atoms with Gasteiger partial charge >= 0.3 is 0 Å². The van der Waals surface area contributed by atoms with Crippen LogP contribution in [0.1, 0.15) is 15.9 Å². The van der Waals surface area contributed by atoms with Crippen molar-refractivity contribution in [2.24, 2.45) is 0 Å². The van der Waals surface area contributed by atoms with Gasteiger partial charge in [-0.3, -0.25) is 4.79 Å². The summed E-state index contributed by atoms with van der Waals surface area (Å²) in [5.41, 5.74) is 14.3. The maximum absolute atomic E-state index is 12.1. The van der Waals surface area contributed by atoms with E-state index in [1.54, 1.807) is 37.4 Å². The van der Waals surface area contributed by atoms with Crippen molar-refractivity contribution in [1.82, 2.24) is 0 Å². The molecule has 2 aromatic carbocycles. The van der Waals surface area contributed by atoms with Gasteiger partial charge in [-0.2, -0.15) is 0 Å². The zero-order valence-corrected chi connectivity index (χ0v) is 11.4. The molecule has 0 saturated carbocycles. The average Bonchev–Trinajstić information content (AvgIpc) is 2.37. The van der Waals surface area contributed by atoms with E-state index in [1.807, 2.05) is 13.0 Å². The molecular weight excluding hydrogens is 254 g/mol. The highest BCUT2D eigenvalue weighted by molar-refractivity contribution is 6.05. The van der Waals surface area contributed by atoms with Gasteiger partial charge in [-0.25, -0.2) is 0 Å². The molecule has 0 aliphatic heterocycles. The summed E-state index contributed by atoms with van der Waals surface area (Å²) in [6, 6.07) is 10.2. The van der Waals surface area contributed by atoms with Crippen molar-refractivity contribution in [1.29, 1.82) is 0 Å². The second-order valence-electron chi connectivity index (χ2n) is 4.53. The van der Waals surface area contributed by atoms with Crippen LogP contribution < -0.4 is 21.5 Å². The van der Waals surface area contributed by atoms with E-state index in [4.69, 9.17) is 16.2 Å². The van der Waals surface area contributed by atoms with Crippen molar-refractivity contribution < 1.29 is 9.53 Å². The van der Waals surface area contributed by atoms with Crippen LogP contribution >= 0.6 is 0 Å².